The summed E-state index contributed by atoms with van der Waals surface area (Å²) in [5, 5.41) is 3.03. The first kappa shape index (κ1) is 26.9. The smallest absolute Gasteiger partial charge is 0.343 e. The van der Waals surface area contributed by atoms with Crippen LogP contribution in [0.3, 0.4) is 0 Å². The number of imide groups is 1. The van der Waals surface area contributed by atoms with Gasteiger partial charge in [0.15, 0.2) is 0 Å². The van der Waals surface area contributed by atoms with E-state index in [2.05, 4.69) is 5.32 Å². The lowest BCUT2D eigenvalue weighted by molar-refractivity contribution is -0.120. The number of ether oxygens (including phenoxy) is 2. The fraction of sp³-hybridized carbons (Fsp3) is 0.143. The maximum absolute atomic E-state index is 13.2. The Morgan fingerprint density at radius 2 is 1.63 bits per heavy atom. The molecule has 0 saturated heterocycles. The van der Waals surface area contributed by atoms with E-state index in [1.54, 1.807) is 49.4 Å². The monoisotopic (exact) mass is 552 g/mol. The first-order valence-electron chi connectivity index (χ1n) is 11.6. The van der Waals surface area contributed by atoms with E-state index in [0.29, 0.717) is 28.4 Å². The third-order valence-electron chi connectivity index (χ3n) is 5.56. The van der Waals surface area contributed by atoms with Crippen molar-refractivity contribution in [3.63, 3.8) is 0 Å². The number of aryl methyl sites for hydroxylation is 1. The molecule has 0 saturated carbocycles. The van der Waals surface area contributed by atoms with Crippen molar-refractivity contribution in [3.05, 3.63) is 99.2 Å². The molecule has 2 amide bonds. The molecule has 1 N–H and O–H groups in total. The number of carbonyl (C=O) groups is 4. The Bertz CT molecular complexity index is 1470. The van der Waals surface area contributed by atoms with E-state index in [4.69, 9.17) is 32.7 Å². The average molecular weight is 553 g/mol. The van der Waals surface area contributed by atoms with Crippen molar-refractivity contribution in [2.24, 2.45) is 0 Å². The van der Waals surface area contributed by atoms with Gasteiger partial charge in [-0.05, 0) is 73.5 Å². The molecule has 3 aromatic rings. The summed E-state index contributed by atoms with van der Waals surface area (Å²) in [7, 11) is 0. The number of rotatable bonds is 8. The van der Waals surface area contributed by atoms with Crippen LogP contribution in [-0.4, -0.2) is 30.4 Å². The van der Waals surface area contributed by atoms with Crippen LogP contribution in [0, 0.1) is 6.92 Å². The van der Waals surface area contributed by atoms with Crippen LogP contribution in [0.15, 0.2) is 77.5 Å². The van der Waals surface area contributed by atoms with E-state index in [-0.39, 0.29) is 34.2 Å². The van der Waals surface area contributed by atoms with Gasteiger partial charge >= 0.3 is 11.9 Å². The van der Waals surface area contributed by atoms with Gasteiger partial charge in [0.1, 0.15) is 16.5 Å². The second kappa shape index (κ2) is 11.5. The molecular formula is C28H22Cl2N2O6. The van der Waals surface area contributed by atoms with Crippen LogP contribution < -0.4 is 15.0 Å². The number of nitrogens with one attached hydrogen (secondary N) is 1. The molecule has 0 spiro atoms. The third-order valence-corrected chi connectivity index (χ3v) is 6.14. The molecule has 4 rings (SSSR count). The Morgan fingerprint density at radius 3 is 2.32 bits per heavy atom. The topological polar surface area (TPSA) is 102 Å². The van der Waals surface area contributed by atoms with Crippen molar-refractivity contribution in [2.45, 2.75) is 20.3 Å². The van der Waals surface area contributed by atoms with Gasteiger partial charge < -0.3 is 14.8 Å². The van der Waals surface area contributed by atoms with Crippen LogP contribution in [0.25, 0.3) is 0 Å². The minimum Gasteiger partial charge on any atom is -0.462 e. The highest BCUT2D eigenvalue weighted by Gasteiger charge is 2.40. The Balaban J connectivity index is 1.50. The Kier molecular flexibility index (Phi) is 8.14. The van der Waals surface area contributed by atoms with Gasteiger partial charge in [0, 0.05) is 10.7 Å². The lowest BCUT2D eigenvalue weighted by Gasteiger charge is -2.18. The minimum atomic E-state index is -0.784. The number of benzene rings is 3. The third kappa shape index (κ3) is 5.56. The number of hydrogen-bond acceptors (Lipinski definition) is 7. The number of anilines is 2. The largest absolute Gasteiger partial charge is 0.462 e. The van der Waals surface area contributed by atoms with Crippen molar-refractivity contribution in [1.82, 2.24) is 0 Å². The van der Waals surface area contributed by atoms with E-state index in [1.807, 2.05) is 6.92 Å². The molecular weight excluding hydrogens is 531 g/mol. The number of esters is 2. The average Bonchev–Trinajstić information content (AvgIpc) is 3.12. The Morgan fingerprint density at radius 1 is 0.921 bits per heavy atom. The second-order valence-electron chi connectivity index (χ2n) is 8.29. The van der Waals surface area contributed by atoms with E-state index in [0.717, 1.165) is 4.90 Å². The van der Waals surface area contributed by atoms with Crippen molar-refractivity contribution in [1.29, 1.82) is 0 Å². The summed E-state index contributed by atoms with van der Waals surface area (Å²) in [5.74, 6) is -2.38. The van der Waals surface area contributed by atoms with Crippen LogP contribution in [0.5, 0.6) is 5.75 Å². The predicted octanol–water partition coefficient (Wildman–Crippen LogP) is 5.87. The fourth-order valence-electron chi connectivity index (χ4n) is 3.66. The van der Waals surface area contributed by atoms with E-state index < -0.39 is 23.8 Å². The minimum absolute atomic E-state index is 0.0622. The van der Waals surface area contributed by atoms with E-state index in [1.165, 1.54) is 24.3 Å². The van der Waals surface area contributed by atoms with Gasteiger partial charge in [-0.1, -0.05) is 42.3 Å². The highest BCUT2D eigenvalue weighted by Crippen LogP contribution is 2.32. The zero-order valence-electron chi connectivity index (χ0n) is 20.4. The highest BCUT2D eigenvalue weighted by atomic mass is 35.5. The first-order chi connectivity index (χ1) is 18.2. The molecule has 1 aliphatic heterocycles. The van der Waals surface area contributed by atoms with Crippen molar-refractivity contribution >= 4 is 58.3 Å². The molecule has 3 aromatic carbocycles. The van der Waals surface area contributed by atoms with Gasteiger partial charge in [-0.15, -0.1) is 0 Å². The van der Waals surface area contributed by atoms with Gasteiger partial charge in [0.25, 0.3) is 11.8 Å². The van der Waals surface area contributed by atoms with E-state index in [9.17, 15) is 19.2 Å². The Hall–Kier alpha value is -4.14. The lowest BCUT2D eigenvalue weighted by Crippen LogP contribution is -2.33. The fourth-order valence-corrected chi connectivity index (χ4v) is 4.10. The molecule has 0 radical (unpaired) electrons. The van der Waals surface area contributed by atoms with Crippen LogP contribution >= 0.6 is 23.2 Å². The number of para-hydroxylation sites is 1. The quantitative estimate of drug-likeness (QED) is 0.212. The Labute approximate surface area is 228 Å². The molecule has 0 atom stereocenters. The summed E-state index contributed by atoms with van der Waals surface area (Å²) in [6, 6.07) is 17.1. The van der Waals surface area contributed by atoms with Gasteiger partial charge in [0.2, 0.25) is 0 Å². The zero-order chi connectivity index (χ0) is 27.4. The number of carbonyl (C=O) groups excluding carboxylic acids is 4. The molecule has 8 nitrogen and oxygen atoms in total. The van der Waals surface area contributed by atoms with Crippen molar-refractivity contribution in [2.75, 3.05) is 16.8 Å². The van der Waals surface area contributed by atoms with Gasteiger partial charge in [-0.3, -0.25) is 9.59 Å². The van der Waals surface area contributed by atoms with Gasteiger partial charge in [-0.2, -0.15) is 0 Å². The maximum Gasteiger partial charge on any atom is 0.343 e. The summed E-state index contributed by atoms with van der Waals surface area (Å²) in [4.78, 5) is 52.0. The lowest BCUT2D eigenvalue weighted by atomic mass is 10.1. The number of hydrogen-bond donors (Lipinski definition) is 1. The summed E-state index contributed by atoms with van der Waals surface area (Å²) in [6.07, 6.45) is 0.619. The van der Waals surface area contributed by atoms with Crippen LogP contribution in [0.2, 0.25) is 5.02 Å². The predicted molar refractivity (Wildman–Crippen MR) is 144 cm³/mol. The highest BCUT2D eigenvalue weighted by molar-refractivity contribution is 6.53. The van der Waals surface area contributed by atoms with Crippen molar-refractivity contribution in [3.8, 4) is 5.75 Å². The summed E-state index contributed by atoms with van der Waals surface area (Å²) in [6.45, 7) is 3.82. The number of halogens is 2. The summed E-state index contributed by atoms with van der Waals surface area (Å²) < 4.78 is 10.6. The SMILES string of the molecule is CCCOC(=O)c1ccccc1N1C(=O)C(Cl)=C(Nc2ccc(C(=O)Oc3ccc(Cl)cc3C)cc2)C1=O. The standard InChI is InChI=1S/C28H22Cl2N2O6/c1-3-14-37-28(36)20-6-4-5-7-21(20)32-25(33)23(30)24(26(32)34)31-19-11-8-17(9-12-19)27(35)38-22-13-10-18(29)15-16(22)2/h4-13,15,31H,3,14H2,1-2H3. The molecule has 1 heterocycles. The first-order valence-corrected chi connectivity index (χ1v) is 12.4. The molecule has 10 heteroatoms. The van der Waals surface area contributed by atoms with Crippen LogP contribution in [-0.2, 0) is 14.3 Å². The molecule has 0 unspecified atom stereocenters. The summed E-state index contributed by atoms with van der Waals surface area (Å²) in [5.41, 5.74) is 1.33. The molecule has 0 aromatic heterocycles. The normalized spacial score (nSPS) is 13.1. The summed E-state index contributed by atoms with van der Waals surface area (Å²) >= 11 is 12.2. The molecule has 38 heavy (non-hydrogen) atoms. The second-order valence-corrected chi connectivity index (χ2v) is 9.10. The van der Waals surface area contributed by atoms with Gasteiger partial charge in [0.05, 0.1) is 23.4 Å². The van der Waals surface area contributed by atoms with Crippen LogP contribution in [0.1, 0.15) is 39.6 Å². The van der Waals surface area contributed by atoms with Crippen LogP contribution in [0.4, 0.5) is 11.4 Å². The molecule has 194 valence electrons. The maximum atomic E-state index is 13.2. The number of amides is 2. The molecule has 0 bridgehead atoms. The molecule has 1 aliphatic rings. The molecule has 0 fully saturated rings. The van der Waals surface area contributed by atoms with E-state index >= 15 is 0 Å². The van der Waals surface area contributed by atoms with Crippen molar-refractivity contribution < 1.29 is 28.7 Å². The molecule has 0 aliphatic carbocycles. The number of nitrogens with zero attached hydrogens (tertiary/aromatic N) is 1. The zero-order valence-corrected chi connectivity index (χ0v) is 21.9. The van der Waals surface area contributed by atoms with Gasteiger partial charge in [-0.25, -0.2) is 14.5 Å².